The van der Waals surface area contributed by atoms with Crippen LogP contribution in [0.25, 0.3) is 22.6 Å². The van der Waals surface area contributed by atoms with E-state index in [9.17, 15) is 9.59 Å². The van der Waals surface area contributed by atoms with Gasteiger partial charge in [-0.1, -0.05) is 25.5 Å². The molecule has 0 aliphatic heterocycles. The Morgan fingerprint density at radius 2 is 1.82 bits per heavy atom. The second kappa shape index (κ2) is 6.40. The van der Waals surface area contributed by atoms with E-state index in [1.54, 1.807) is 7.05 Å². The van der Waals surface area contributed by atoms with Crippen LogP contribution in [0.2, 0.25) is 0 Å². The Kier molecular flexibility index (Phi) is 4.14. The smallest absolute Gasteiger partial charge is 0.332 e. The predicted molar refractivity (Wildman–Crippen MR) is 110 cm³/mol. The summed E-state index contributed by atoms with van der Waals surface area (Å²) < 4.78 is 6.53. The molecule has 0 saturated carbocycles. The van der Waals surface area contributed by atoms with Crippen molar-refractivity contribution in [3.05, 3.63) is 56.5 Å². The van der Waals surface area contributed by atoms with Gasteiger partial charge in [-0.3, -0.25) is 22.9 Å². The lowest BCUT2D eigenvalue weighted by atomic mass is 10.2. The van der Waals surface area contributed by atoms with E-state index >= 15 is 0 Å². The van der Waals surface area contributed by atoms with Crippen molar-refractivity contribution >= 4 is 22.6 Å². The van der Waals surface area contributed by atoms with E-state index in [4.69, 9.17) is 5.73 Å². The van der Waals surface area contributed by atoms with E-state index in [2.05, 4.69) is 4.98 Å². The maximum absolute atomic E-state index is 13.2. The zero-order chi connectivity index (χ0) is 20.2. The molecule has 0 aliphatic carbocycles. The van der Waals surface area contributed by atoms with Gasteiger partial charge in [0.25, 0.3) is 5.56 Å². The number of nitrogens with two attached hydrogens (primary N) is 1. The van der Waals surface area contributed by atoms with Crippen LogP contribution in [0, 0.1) is 13.8 Å². The number of unbranched alkanes of at least 4 members (excludes halogenated alkanes) is 1. The van der Waals surface area contributed by atoms with E-state index in [1.165, 1.54) is 9.13 Å². The molecule has 0 aliphatic rings. The van der Waals surface area contributed by atoms with Crippen molar-refractivity contribution in [1.29, 1.82) is 0 Å². The number of benzene rings is 1. The van der Waals surface area contributed by atoms with Crippen molar-refractivity contribution in [2.24, 2.45) is 7.05 Å². The Hall–Kier alpha value is -3.29. The normalized spacial score (nSPS) is 11.7. The summed E-state index contributed by atoms with van der Waals surface area (Å²) in [6.45, 7) is 6.35. The summed E-state index contributed by atoms with van der Waals surface area (Å²) in [7, 11) is 1.66. The molecular weight excluding hydrogens is 356 g/mol. The minimum Gasteiger partial charge on any atom is -0.397 e. The fourth-order valence-corrected chi connectivity index (χ4v) is 3.74. The second-order valence-electron chi connectivity index (χ2n) is 7.14. The van der Waals surface area contributed by atoms with E-state index in [-0.39, 0.29) is 11.2 Å². The Morgan fingerprint density at radius 1 is 1.11 bits per heavy atom. The first kappa shape index (κ1) is 18.1. The number of anilines is 1. The van der Waals surface area contributed by atoms with Crippen LogP contribution in [0.15, 0.2) is 33.9 Å². The first-order valence-electron chi connectivity index (χ1n) is 9.43. The zero-order valence-electron chi connectivity index (χ0n) is 16.6. The van der Waals surface area contributed by atoms with Gasteiger partial charge in [-0.15, -0.1) is 0 Å². The number of hydrogen-bond donors (Lipinski definition) is 1. The Bertz CT molecular complexity index is 1340. The Labute approximate surface area is 161 Å². The van der Waals surface area contributed by atoms with Crippen molar-refractivity contribution in [2.75, 3.05) is 5.73 Å². The molecule has 3 heterocycles. The third kappa shape index (κ3) is 2.33. The molecule has 0 atom stereocenters. The van der Waals surface area contributed by atoms with Crippen LogP contribution in [-0.4, -0.2) is 23.1 Å². The maximum atomic E-state index is 13.2. The van der Waals surface area contributed by atoms with Crippen molar-refractivity contribution in [3.8, 4) is 5.69 Å². The van der Waals surface area contributed by atoms with Gasteiger partial charge in [-0.05, 0) is 32.4 Å². The molecule has 0 fully saturated rings. The van der Waals surface area contributed by atoms with Crippen molar-refractivity contribution in [1.82, 2.24) is 23.1 Å². The highest BCUT2D eigenvalue weighted by Crippen LogP contribution is 2.27. The van der Waals surface area contributed by atoms with Crippen molar-refractivity contribution in [2.45, 2.75) is 40.2 Å². The molecule has 0 amide bonds. The predicted octanol–water partition coefficient (Wildman–Crippen LogP) is 2.14. The molecular formula is C20H24N6O2. The summed E-state index contributed by atoms with van der Waals surface area (Å²) in [5, 5.41) is 0. The monoisotopic (exact) mass is 380 g/mol. The number of aryl methyl sites for hydroxylation is 2. The highest BCUT2D eigenvalue weighted by Gasteiger charge is 2.23. The van der Waals surface area contributed by atoms with Gasteiger partial charge in [0, 0.05) is 25.0 Å². The summed E-state index contributed by atoms with van der Waals surface area (Å²) in [6, 6.07) is 7.53. The van der Waals surface area contributed by atoms with Gasteiger partial charge in [-0.25, -0.2) is 4.79 Å². The Balaban J connectivity index is 2.17. The fraction of sp³-hybridized carbons (Fsp3) is 0.350. The van der Waals surface area contributed by atoms with Crippen molar-refractivity contribution in [3.63, 3.8) is 0 Å². The molecule has 146 valence electrons. The number of hydrogen-bond acceptors (Lipinski definition) is 4. The van der Waals surface area contributed by atoms with Gasteiger partial charge in [0.15, 0.2) is 11.2 Å². The average molecular weight is 380 g/mol. The summed E-state index contributed by atoms with van der Waals surface area (Å²) in [4.78, 5) is 30.6. The third-order valence-corrected chi connectivity index (χ3v) is 5.43. The highest BCUT2D eigenvalue weighted by atomic mass is 16.2. The van der Waals surface area contributed by atoms with E-state index in [0.717, 1.165) is 29.9 Å². The lowest BCUT2D eigenvalue weighted by Gasteiger charge is -2.09. The molecule has 0 unspecified atom stereocenters. The summed E-state index contributed by atoms with van der Waals surface area (Å²) >= 11 is 0. The number of rotatable bonds is 4. The SMILES string of the molecule is CCCCn1c(=O)c2c(nc3n(-c4ccccc4N)c(C)c(C)n23)n(C)c1=O. The van der Waals surface area contributed by atoms with E-state index in [1.807, 2.05) is 54.0 Å². The number of para-hydroxylation sites is 2. The van der Waals surface area contributed by atoms with E-state index in [0.29, 0.717) is 29.2 Å². The molecule has 0 spiro atoms. The summed E-state index contributed by atoms with van der Waals surface area (Å²) in [5.41, 5.74) is 9.59. The second-order valence-corrected chi connectivity index (χ2v) is 7.14. The van der Waals surface area contributed by atoms with Gasteiger partial charge in [-0.2, -0.15) is 4.98 Å². The van der Waals surface area contributed by atoms with Gasteiger partial charge < -0.3 is 5.73 Å². The molecule has 0 saturated heterocycles. The quantitative estimate of drug-likeness (QED) is 0.549. The molecule has 8 heteroatoms. The topological polar surface area (TPSA) is 92.2 Å². The van der Waals surface area contributed by atoms with Crippen LogP contribution in [0.4, 0.5) is 5.69 Å². The molecule has 1 aromatic carbocycles. The van der Waals surface area contributed by atoms with E-state index < -0.39 is 0 Å². The van der Waals surface area contributed by atoms with Crippen LogP contribution < -0.4 is 17.0 Å². The molecule has 2 N–H and O–H groups in total. The maximum Gasteiger partial charge on any atom is 0.332 e. The summed E-state index contributed by atoms with van der Waals surface area (Å²) in [5.74, 6) is 0.572. The Morgan fingerprint density at radius 3 is 2.50 bits per heavy atom. The molecule has 4 rings (SSSR count). The standard InChI is InChI=1S/C20H24N6O2/c1-5-6-11-24-18(27)16-17(23(4)20(24)28)22-19-25(12(2)13(3)26(16)19)15-10-8-7-9-14(15)21/h7-10H,5-6,11,21H2,1-4H3. The highest BCUT2D eigenvalue weighted by molar-refractivity contribution is 5.78. The molecule has 0 bridgehead atoms. The lowest BCUT2D eigenvalue weighted by molar-refractivity contribution is 0.566. The first-order valence-corrected chi connectivity index (χ1v) is 9.43. The number of aromatic nitrogens is 5. The fourth-order valence-electron chi connectivity index (χ4n) is 3.74. The lowest BCUT2D eigenvalue weighted by Crippen LogP contribution is -2.39. The molecule has 8 nitrogen and oxygen atoms in total. The number of nitrogen functional groups attached to an aromatic ring is 1. The van der Waals surface area contributed by atoms with Crippen LogP contribution in [0.3, 0.4) is 0 Å². The largest absolute Gasteiger partial charge is 0.397 e. The molecule has 28 heavy (non-hydrogen) atoms. The van der Waals surface area contributed by atoms with Crippen LogP contribution >= 0.6 is 0 Å². The minimum absolute atomic E-state index is 0.305. The van der Waals surface area contributed by atoms with Gasteiger partial charge in [0.1, 0.15) is 0 Å². The van der Waals surface area contributed by atoms with Gasteiger partial charge >= 0.3 is 5.69 Å². The number of nitrogens with zero attached hydrogens (tertiary/aromatic N) is 5. The molecule has 4 aromatic rings. The zero-order valence-corrected chi connectivity index (χ0v) is 16.6. The molecule has 0 radical (unpaired) electrons. The van der Waals surface area contributed by atoms with Crippen LogP contribution in [0.1, 0.15) is 31.2 Å². The molecule has 3 aromatic heterocycles. The number of imidazole rings is 2. The van der Waals surface area contributed by atoms with Gasteiger partial charge in [0.2, 0.25) is 5.78 Å². The average Bonchev–Trinajstić information content (AvgIpc) is 3.17. The minimum atomic E-state index is -0.341. The van der Waals surface area contributed by atoms with Crippen LogP contribution in [-0.2, 0) is 13.6 Å². The summed E-state index contributed by atoms with van der Waals surface area (Å²) in [6.07, 6.45) is 1.67. The van der Waals surface area contributed by atoms with Gasteiger partial charge in [0.05, 0.1) is 11.4 Å². The van der Waals surface area contributed by atoms with Crippen LogP contribution in [0.5, 0.6) is 0 Å². The number of fused-ring (bicyclic) bond motifs is 3. The van der Waals surface area contributed by atoms with Crippen molar-refractivity contribution < 1.29 is 0 Å². The first-order chi connectivity index (χ1) is 13.4. The third-order valence-electron chi connectivity index (χ3n) is 5.43.